The van der Waals surface area contributed by atoms with Crippen molar-refractivity contribution in [3.05, 3.63) is 11.8 Å². The van der Waals surface area contributed by atoms with E-state index in [1.165, 1.54) is 0 Å². The first kappa shape index (κ1) is 12.2. The molecule has 3 N–H and O–H groups in total. The molecule has 0 saturated carbocycles. The number of nitrogen functional groups attached to an aromatic ring is 1. The number of rotatable bonds is 4. The maximum atomic E-state index is 8.65. The quantitative estimate of drug-likeness (QED) is 0.576. The summed E-state index contributed by atoms with van der Waals surface area (Å²) in [6, 6.07) is 4.09. The largest absolute Gasteiger partial charge is 0.356 e. The number of hydrazine groups is 1. The smallest absolute Gasteiger partial charge is 0.239 e. The predicted octanol–water partition coefficient (Wildman–Crippen LogP) is 0.809. The molecular weight excluding hydrogens is 204 g/mol. The van der Waals surface area contributed by atoms with E-state index in [0.717, 1.165) is 11.5 Å². The molecule has 16 heavy (non-hydrogen) atoms. The molecule has 6 heteroatoms. The van der Waals surface area contributed by atoms with E-state index in [4.69, 9.17) is 11.1 Å². The molecule has 0 radical (unpaired) electrons. The summed E-state index contributed by atoms with van der Waals surface area (Å²) in [5, 5.41) is 8.65. The highest BCUT2D eigenvalue weighted by Crippen LogP contribution is 2.16. The fraction of sp³-hybridized carbons (Fsp3) is 0.500. The standard InChI is InChI=1S/C10H16N6/c1-7-6-9(14-10(13-7)15-12)16(3)8(2)4-5-11/h6,8H,4,12H2,1-3H3,(H,13,14,15). The second kappa shape index (κ2) is 5.28. The van der Waals surface area contributed by atoms with E-state index in [1.807, 2.05) is 31.9 Å². The van der Waals surface area contributed by atoms with E-state index in [-0.39, 0.29) is 6.04 Å². The van der Waals surface area contributed by atoms with Crippen molar-refractivity contribution >= 4 is 11.8 Å². The molecule has 0 saturated heterocycles. The van der Waals surface area contributed by atoms with Gasteiger partial charge in [-0.3, -0.25) is 5.43 Å². The zero-order valence-corrected chi connectivity index (χ0v) is 9.73. The van der Waals surface area contributed by atoms with Gasteiger partial charge in [-0.2, -0.15) is 10.2 Å². The number of anilines is 2. The maximum Gasteiger partial charge on any atom is 0.239 e. The molecule has 1 unspecified atom stereocenters. The lowest BCUT2D eigenvalue weighted by Gasteiger charge is -2.24. The molecule has 1 rings (SSSR count). The SMILES string of the molecule is Cc1cc(N(C)C(C)CC#N)nc(NN)n1. The maximum absolute atomic E-state index is 8.65. The van der Waals surface area contributed by atoms with Crippen LogP contribution in [0.2, 0.25) is 0 Å². The minimum absolute atomic E-state index is 0.102. The Morgan fingerprint density at radius 3 is 2.88 bits per heavy atom. The molecule has 0 aliphatic carbocycles. The van der Waals surface area contributed by atoms with Crippen LogP contribution < -0.4 is 16.2 Å². The monoisotopic (exact) mass is 220 g/mol. The van der Waals surface area contributed by atoms with Crippen LogP contribution in [0.3, 0.4) is 0 Å². The van der Waals surface area contributed by atoms with Crippen molar-refractivity contribution in [3.63, 3.8) is 0 Å². The number of aromatic nitrogens is 2. The summed E-state index contributed by atoms with van der Waals surface area (Å²) in [6.45, 7) is 3.84. The van der Waals surface area contributed by atoms with Crippen molar-refractivity contribution in [1.82, 2.24) is 9.97 Å². The summed E-state index contributed by atoms with van der Waals surface area (Å²) < 4.78 is 0. The average Bonchev–Trinajstić information content (AvgIpc) is 2.27. The van der Waals surface area contributed by atoms with Crippen LogP contribution in [0.5, 0.6) is 0 Å². The van der Waals surface area contributed by atoms with Gasteiger partial charge in [0.05, 0.1) is 12.5 Å². The molecule has 0 fully saturated rings. The Morgan fingerprint density at radius 1 is 1.62 bits per heavy atom. The van der Waals surface area contributed by atoms with Gasteiger partial charge in [-0.1, -0.05) is 0 Å². The van der Waals surface area contributed by atoms with Crippen molar-refractivity contribution in [2.24, 2.45) is 5.84 Å². The summed E-state index contributed by atoms with van der Waals surface area (Å²) >= 11 is 0. The number of nitriles is 1. The first-order chi connectivity index (χ1) is 7.58. The Hall–Kier alpha value is -1.87. The highest BCUT2D eigenvalue weighted by atomic mass is 15.3. The lowest BCUT2D eigenvalue weighted by molar-refractivity contribution is 0.692. The average molecular weight is 220 g/mol. The van der Waals surface area contributed by atoms with Gasteiger partial charge in [-0.15, -0.1) is 0 Å². The van der Waals surface area contributed by atoms with Crippen molar-refractivity contribution in [2.45, 2.75) is 26.3 Å². The molecule has 1 heterocycles. The van der Waals surface area contributed by atoms with Gasteiger partial charge in [-0.25, -0.2) is 10.8 Å². The highest BCUT2D eigenvalue weighted by Gasteiger charge is 2.12. The van der Waals surface area contributed by atoms with Crippen LogP contribution in [0.15, 0.2) is 6.07 Å². The van der Waals surface area contributed by atoms with Crippen molar-refractivity contribution < 1.29 is 0 Å². The molecule has 0 amide bonds. The van der Waals surface area contributed by atoms with Crippen LogP contribution in [-0.4, -0.2) is 23.1 Å². The second-order valence-corrected chi connectivity index (χ2v) is 3.66. The fourth-order valence-electron chi connectivity index (χ4n) is 1.29. The van der Waals surface area contributed by atoms with E-state index in [1.54, 1.807) is 0 Å². The molecule has 0 aliphatic rings. The van der Waals surface area contributed by atoms with E-state index in [2.05, 4.69) is 21.5 Å². The minimum atomic E-state index is 0.102. The molecule has 86 valence electrons. The number of hydrogen-bond donors (Lipinski definition) is 2. The highest BCUT2D eigenvalue weighted by molar-refractivity contribution is 5.44. The number of nitrogens with zero attached hydrogens (tertiary/aromatic N) is 4. The van der Waals surface area contributed by atoms with Gasteiger partial charge in [0, 0.05) is 24.8 Å². The second-order valence-electron chi connectivity index (χ2n) is 3.66. The van der Waals surface area contributed by atoms with Gasteiger partial charge in [0.25, 0.3) is 0 Å². The van der Waals surface area contributed by atoms with Crippen LogP contribution in [0, 0.1) is 18.3 Å². The Kier molecular flexibility index (Phi) is 4.03. The molecule has 6 nitrogen and oxygen atoms in total. The molecule has 1 atom stereocenters. The van der Waals surface area contributed by atoms with E-state index >= 15 is 0 Å². The van der Waals surface area contributed by atoms with Crippen molar-refractivity contribution in [3.8, 4) is 6.07 Å². The van der Waals surface area contributed by atoms with Crippen LogP contribution in [0.1, 0.15) is 19.0 Å². The summed E-state index contributed by atoms with van der Waals surface area (Å²) in [5.74, 6) is 6.41. The number of nitrogens with two attached hydrogens (primary N) is 1. The van der Waals surface area contributed by atoms with Crippen LogP contribution in [0.4, 0.5) is 11.8 Å². The predicted molar refractivity (Wildman–Crippen MR) is 62.7 cm³/mol. The normalized spacial score (nSPS) is 11.7. The summed E-state index contributed by atoms with van der Waals surface area (Å²) in [4.78, 5) is 10.3. The topological polar surface area (TPSA) is 90.9 Å². The third kappa shape index (κ3) is 2.81. The molecule has 1 aromatic heterocycles. The van der Waals surface area contributed by atoms with Gasteiger partial charge in [0.1, 0.15) is 5.82 Å². The van der Waals surface area contributed by atoms with E-state index in [9.17, 15) is 0 Å². The third-order valence-corrected chi connectivity index (χ3v) is 2.38. The molecule has 1 aromatic rings. The molecule has 0 aliphatic heterocycles. The van der Waals surface area contributed by atoms with Crippen LogP contribution >= 0.6 is 0 Å². The molecular formula is C10H16N6. The number of hydrogen-bond acceptors (Lipinski definition) is 6. The van der Waals surface area contributed by atoms with E-state index in [0.29, 0.717) is 12.4 Å². The molecule has 0 aromatic carbocycles. The van der Waals surface area contributed by atoms with Crippen LogP contribution in [-0.2, 0) is 0 Å². The van der Waals surface area contributed by atoms with Gasteiger partial charge < -0.3 is 4.90 Å². The first-order valence-corrected chi connectivity index (χ1v) is 5.00. The summed E-state index contributed by atoms with van der Waals surface area (Å²) in [5.41, 5.74) is 3.25. The van der Waals surface area contributed by atoms with Gasteiger partial charge in [-0.05, 0) is 13.8 Å². The summed E-state index contributed by atoms with van der Waals surface area (Å²) in [7, 11) is 1.89. The number of nitrogens with one attached hydrogen (secondary N) is 1. The minimum Gasteiger partial charge on any atom is -0.356 e. The summed E-state index contributed by atoms with van der Waals surface area (Å²) in [6.07, 6.45) is 0.449. The third-order valence-electron chi connectivity index (χ3n) is 2.38. The Bertz CT molecular complexity index is 397. The lowest BCUT2D eigenvalue weighted by Crippen LogP contribution is -2.29. The van der Waals surface area contributed by atoms with Crippen molar-refractivity contribution in [2.75, 3.05) is 17.4 Å². The molecule has 0 spiro atoms. The first-order valence-electron chi connectivity index (χ1n) is 5.00. The van der Waals surface area contributed by atoms with Gasteiger partial charge >= 0.3 is 0 Å². The zero-order chi connectivity index (χ0) is 12.1. The Labute approximate surface area is 95.1 Å². The Morgan fingerprint density at radius 2 is 2.31 bits per heavy atom. The lowest BCUT2D eigenvalue weighted by atomic mass is 10.2. The fourth-order valence-corrected chi connectivity index (χ4v) is 1.29. The zero-order valence-electron chi connectivity index (χ0n) is 9.73. The Balaban J connectivity index is 2.95. The van der Waals surface area contributed by atoms with Crippen molar-refractivity contribution in [1.29, 1.82) is 5.26 Å². The molecule has 0 bridgehead atoms. The van der Waals surface area contributed by atoms with E-state index < -0.39 is 0 Å². The van der Waals surface area contributed by atoms with Gasteiger partial charge in [0.15, 0.2) is 0 Å². The number of aryl methyl sites for hydroxylation is 1. The van der Waals surface area contributed by atoms with Gasteiger partial charge in [0.2, 0.25) is 5.95 Å². The van der Waals surface area contributed by atoms with Crippen LogP contribution in [0.25, 0.3) is 0 Å².